The Bertz CT molecular complexity index is 523. The fraction of sp³-hybridized carbons (Fsp3) is 0.500. The van der Waals surface area contributed by atoms with Gasteiger partial charge in [0.1, 0.15) is 0 Å². The van der Waals surface area contributed by atoms with Crippen LogP contribution < -0.4 is 5.73 Å². The molecule has 17 heavy (non-hydrogen) atoms. The molecule has 1 aliphatic rings. The lowest BCUT2D eigenvalue weighted by molar-refractivity contribution is 0.387. The number of hydrogen-bond acceptors (Lipinski definition) is 3. The van der Waals surface area contributed by atoms with E-state index >= 15 is 0 Å². The number of nitrogen functional groups attached to an aromatic ring is 1. The summed E-state index contributed by atoms with van der Waals surface area (Å²) in [6.45, 7) is 4.40. The first-order chi connectivity index (χ1) is 7.93. The third-order valence-electron chi connectivity index (χ3n) is 3.22. The Labute approximate surface area is 102 Å². The minimum atomic E-state index is -3.16. The Morgan fingerprint density at radius 3 is 2.71 bits per heavy atom. The summed E-state index contributed by atoms with van der Waals surface area (Å²) in [5.41, 5.74) is 8.78. The highest BCUT2D eigenvalue weighted by molar-refractivity contribution is 7.89. The van der Waals surface area contributed by atoms with Gasteiger partial charge in [-0.2, -0.15) is 4.31 Å². The van der Waals surface area contributed by atoms with Gasteiger partial charge in [0.25, 0.3) is 0 Å². The molecule has 94 valence electrons. The summed E-state index contributed by atoms with van der Waals surface area (Å²) >= 11 is 0. The van der Waals surface area contributed by atoms with Gasteiger partial charge in [0, 0.05) is 18.8 Å². The summed E-state index contributed by atoms with van der Waals surface area (Å²) in [6, 6.07) is 5.69. The van der Waals surface area contributed by atoms with Crippen LogP contribution in [-0.4, -0.2) is 24.5 Å². The SMILES string of the molecule is CC(C)S(=O)(=O)N1CCc2c(N)cccc2C1. The molecule has 0 spiro atoms. The number of anilines is 1. The van der Waals surface area contributed by atoms with Crippen molar-refractivity contribution in [3.05, 3.63) is 29.3 Å². The lowest BCUT2D eigenvalue weighted by atomic mass is 9.99. The molecule has 0 unspecified atom stereocenters. The fourth-order valence-corrected chi connectivity index (χ4v) is 3.39. The Balaban J connectivity index is 2.32. The van der Waals surface area contributed by atoms with Gasteiger partial charge in [-0.15, -0.1) is 0 Å². The molecule has 0 saturated carbocycles. The number of hydrogen-bond donors (Lipinski definition) is 1. The molecule has 0 aromatic heterocycles. The van der Waals surface area contributed by atoms with E-state index in [-0.39, 0.29) is 5.25 Å². The van der Waals surface area contributed by atoms with Gasteiger partial charge in [-0.3, -0.25) is 0 Å². The zero-order valence-electron chi connectivity index (χ0n) is 10.2. The van der Waals surface area contributed by atoms with Crippen LogP contribution >= 0.6 is 0 Å². The van der Waals surface area contributed by atoms with Crippen molar-refractivity contribution in [3.63, 3.8) is 0 Å². The molecule has 0 aliphatic carbocycles. The fourth-order valence-electron chi connectivity index (χ4n) is 2.13. The molecule has 1 heterocycles. The van der Waals surface area contributed by atoms with Crippen molar-refractivity contribution in [2.45, 2.75) is 32.1 Å². The van der Waals surface area contributed by atoms with E-state index in [0.29, 0.717) is 19.5 Å². The van der Waals surface area contributed by atoms with Crippen LogP contribution in [0, 0.1) is 0 Å². The van der Waals surface area contributed by atoms with Gasteiger partial charge in [0.15, 0.2) is 0 Å². The Morgan fingerprint density at radius 1 is 1.35 bits per heavy atom. The minimum Gasteiger partial charge on any atom is -0.398 e. The molecule has 0 radical (unpaired) electrons. The van der Waals surface area contributed by atoms with E-state index in [1.807, 2.05) is 18.2 Å². The second-order valence-electron chi connectivity index (χ2n) is 4.66. The average molecular weight is 254 g/mol. The third kappa shape index (κ3) is 2.17. The zero-order chi connectivity index (χ0) is 12.6. The second-order valence-corrected chi connectivity index (χ2v) is 7.15. The summed E-state index contributed by atoms with van der Waals surface area (Å²) < 4.78 is 25.7. The topological polar surface area (TPSA) is 63.4 Å². The first kappa shape index (κ1) is 12.4. The molecule has 0 atom stereocenters. The van der Waals surface area contributed by atoms with Gasteiger partial charge in [0.05, 0.1) is 5.25 Å². The summed E-state index contributed by atoms with van der Waals surface area (Å²) in [5, 5.41) is -0.370. The summed E-state index contributed by atoms with van der Waals surface area (Å²) in [5.74, 6) is 0. The van der Waals surface area contributed by atoms with Gasteiger partial charge in [-0.1, -0.05) is 12.1 Å². The Morgan fingerprint density at radius 2 is 2.06 bits per heavy atom. The van der Waals surface area contributed by atoms with Crippen molar-refractivity contribution in [2.24, 2.45) is 0 Å². The van der Waals surface area contributed by atoms with Crippen molar-refractivity contribution in [3.8, 4) is 0 Å². The van der Waals surface area contributed by atoms with Gasteiger partial charge >= 0.3 is 0 Å². The maximum Gasteiger partial charge on any atom is 0.216 e. The number of fused-ring (bicyclic) bond motifs is 1. The van der Waals surface area contributed by atoms with E-state index in [1.165, 1.54) is 0 Å². The third-order valence-corrected chi connectivity index (χ3v) is 5.45. The van der Waals surface area contributed by atoms with Crippen LogP contribution in [0.2, 0.25) is 0 Å². The van der Waals surface area contributed by atoms with Gasteiger partial charge in [-0.25, -0.2) is 8.42 Å². The van der Waals surface area contributed by atoms with Gasteiger partial charge in [0.2, 0.25) is 10.0 Å². The zero-order valence-corrected chi connectivity index (χ0v) is 11.0. The van der Waals surface area contributed by atoms with E-state index in [9.17, 15) is 8.42 Å². The second kappa shape index (κ2) is 4.31. The van der Waals surface area contributed by atoms with Crippen molar-refractivity contribution in [2.75, 3.05) is 12.3 Å². The number of nitrogens with zero attached hydrogens (tertiary/aromatic N) is 1. The summed E-state index contributed by atoms with van der Waals surface area (Å²) in [6.07, 6.45) is 0.702. The number of nitrogens with two attached hydrogens (primary N) is 1. The molecular formula is C12H18N2O2S. The molecule has 5 heteroatoms. The molecule has 1 aromatic carbocycles. The summed E-state index contributed by atoms with van der Waals surface area (Å²) in [7, 11) is -3.16. The highest BCUT2D eigenvalue weighted by atomic mass is 32.2. The van der Waals surface area contributed by atoms with Crippen molar-refractivity contribution >= 4 is 15.7 Å². The van der Waals surface area contributed by atoms with Gasteiger partial charge in [-0.05, 0) is 37.5 Å². The highest BCUT2D eigenvalue weighted by Gasteiger charge is 2.29. The average Bonchev–Trinajstić information content (AvgIpc) is 2.28. The molecule has 1 aliphatic heterocycles. The highest BCUT2D eigenvalue weighted by Crippen LogP contribution is 2.26. The van der Waals surface area contributed by atoms with Crippen LogP contribution in [0.3, 0.4) is 0 Å². The monoisotopic (exact) mass is 254 g/mol. The molecule has 2 N–H and O–H groups in total. The predicted molar refractivity (Wildman–Crippen MR) is 69.0 cm³/mol. The first-order valence-electron chi connectivity index (χ1n) is 5.78. The van der Waals surface area contributed by atoms with E-state index in [4.69, 9.17) is 5.73 Å². The van der Waals surface area contributed by atoms with E-state index < -0.39 is 10.0 Å². The predicted octanol–water partition coefficient (Wildman–Crippen LogP) is 1.37. The Hall–Kier alpha value is -1.07. The maximum absolute atomic E-state index is 12.1. The number of sulfonamides is 1. The molecule has 0 bridgehead atoms. The molecular weight excluding hydrogens is 236 g/mol. The van der Waals surface area contributed by atoms with Crippen LogP contribution in [0.25, 0.3) is 0 Å². The smallest absolute Gasteiger partial charge is 0.216 e. The number of rotatable bonds is 2. The quantitative estimate of drug-likeness (QED) is 0.811. The molecule has 1 aromatic rings. The van der Waals surface area contributed by atoms with E-state index in [0.717, 1.165) is 16.8 Å². The van der Waals surface area contributed by atoms with Crippen molar-refractivity contribution < 1.29 is 8.42 Å². The van der Waals surface area contributed by atoms with Crippen molar-refractivity contribution in [1.82, 2.24) is 4.31 Å². The first-order valence-corrected chi connectivity index (χ1v) is 7.28. The van der Waals surface area contributed by atoms with Crippen molar-refractivity contribution in [1.29, 1.82) is 0 Å². The minimum absolute atomic E-state index is 0.370. The molecule has 0 saturated heterocycles. The van der Waals surface area contributed by atoms with Crippen LogP contribution in [0.5, 0.6) is 0 Å². The summed E-state index contributed by atoms with van der Waals surface area (Å²) in [4.78, 5) is 0. The molecule has 2 rings (SSSR count). The van der Waals surface area contributed by atoms with Crippen LogP contribution in [0.15, 0.2) is 18.2 Å². The van der Waals surface area contributed by atoms with E-state index in [1.54, 1.807) is 18.2 Å². The maximum atomic E-state index is 12.1. The van der Waals surface area contributed by atoms with Crippen LogP contribution in [0.1, 0.15) is 25.0 Å². The number of benzene rings is 1. The van der Waals surface area contributed by atoms with Gasteiger partial charge < -0.3 is 5.73 Å². The lowest BCUT2D eigenvalue weighted by Crippen LogP contribution is -2.40. The van der Waals surface area contributed by atoms with Crippen LogP contribution in [-0.2, 0) is 23.0 Å². The molecule has 4 nitrogen and oxygen atoms in total. The van der Waals surface area contributed by atoms with Crippen LogP contribution in [0.4, 0.5) is 5.69 Å². The molecule has 0 fully saturated rings. The standard InChI is InChI=1S/C12H18N2O2S/c1-9(2)17(15,16)14-7-6-11-10(8-14)4-3-5-12(11)13/h3-5,9H,6-8,13H2,1-2H3. The van der Waals surface area contributed by atoms with E-state index in [2.05, 4.69) is 0 Å². The Kier molecular flexibility index (Phi) is 3.14. The lowest BCUT2D eigenvalue weighted by Gasteiger charge is -2.30. The molecule has 0 amide bonds. The largest absolute Gasteiger partial charge is 0.398 e. The normalized spacial score (nSPS) is 17.1.